The molecule has 0 spiro atoms. The molecular weight excluding hydrogens is 801 g/mol. The fourth-order valence-corrected chi connectivity index (χ4v) is 4.92. The van der Waals surface area contributed by atoms with Crippen LogP contribution in [0, 0.1) is 0 Å². The van der Waals surface area contributed by atoms with Crippen molar-refractivity contribution >= 4 is 31.6 Å². The molecule has 2 aromatic heterocycles. The quantitative estimate of drug-likeness (QED) is 0.0983. The normalized spacial score (nSPS) is 10.9. The monoisotopic (exact) mass is 854 g/mol. The van der Waals surface area contributed by atoms with Crippen LogP contribution in [0.5, 0.6) is 34.5 Å². The van der Waals surface area contributed by atoms with Gasteiger partial charge in [-0.05, 0) is 48.5 Å². The maximum atomic E-state index is 9.19. The van der Waals surface area contributed by atoms with Gasteiger partial charge in [0.1, 0.15) is 13.2 Å². The molecule has 0 aliphatic heterocycles. The summed E-state index contributed by atoms with van der Waals surface area (Å²) in [5.74, 6) is 3.32. The summed E-state index contributed by atoms with van der Waals surface area (Å²) in [6, 6.07) is 15.7. The second kappa shape index (κ2) is 24.0. The zero-order valence-electron chi connectivity index (χ0n) is 34.4. The van der Waals surface area contributed by atoms with Gasteiger partial charge in [-0.15, -0.1) is 0 Å². The largest absolute Gasteiger partial charge is 0.493 e. The van der Waals surface area contributed by atoms with E-state index in [1.165, 1.54) is 0 Å². The van der Waals surface area contributed by atoms with Crippen LogP contribution in [0.4, 0.5) is 11.4 Å². The second-order valence-corrected chi connectivity index (χ2v) is 15.1. The molecule has 0 bridgehead atoms. The minimum Gasteiger partial charge on any atom is -0.493 e. The summed E-state index contributed by atoms with van der Waals surface area (Å²) in [4.78, 5) is 13.8. The van der Waals surface area contributed by atoms with Crippen LogP contribution in [-0.4, -0.2) is 145 Å². The number of pyridine rings is 2. The van der Waals surface area contributed by atoms with Crippen LogP contribution < -0.4 is 38.2 Å². The minimum absolute atomic E-state index is 0.380. The number of benzene rings is 2. The molecule has 0 atom stereocenters. The van der Waals surface area contributed by atoms with Crippen molar-refractivity contribution in [1.82, 2.24) is 9.97 Å². The van der Waals surface area contributed by atoms with Crippen molar-refractivity contribution in [3.8, 4) is 57.0 Å². The lowest BCUT2D eigenvalue weighted by Crippen LogP contribution is -2.30. The zero-order chi connectivity index (χ0) is 43.5. The lowest BCUT2D eigenvalue weighted by atomic mass is 10.1. The lowest BCUT2D eigenvalue weighted by Gasteiger charge is -2.25. The van der Waals surface area contributed by atoms with Gasteiger partial charge in [0, 0.05) is 52.5 Å². The van der Waals surface area contributed by atoms with Crippen LogP contribution in [0.2, 0.25) is 0 Å². The van der Waals surface area contributed by atoms with E-state index in [1.807, 2.05) is 62.9 Å². The number of likely N-dealkylation sites (N-methyl/N-ethyl adjacent to an activating group) is 2. The van der Waals surface area contributed by atoms with E-state index in [1.54, 1.807) is 42.7 Å². The maximum absolute atomic E-state index is 9.19. The van der Waals surface area contributed by atoms with Crippen molar-refractivity contribution < 1.29 is 63.8 Å². The molecule has 58 heavy (non-hydrogen) atoms. The number of hydrogen-bond donors (Lipinski definition) is 2. The summed E-state index contributed by atoms with van der Waals surface area (Å²) >= 11 is 0. The van der Waals surface area contributed by atoms with Gasteiger partial charge in [-0.1, -0.05) is 0 Å². The first-order valence-electron chi connectivity index (χ1n) is 17.3. The summed E-state index contributed by atoms with van der Waals surface area (Å²) in [5, 5.41) is 0. The van der Waals surface area contributed by atoms with E-state index in [0.717, 1.165) is 47.0 Å². The molecule has 322 valence electrons. The molecule has 0 fully saturated rings. The predicted molar refractivity (Wildman–Crippen MR) is 222 cm³/mol. The van der Waals surface area contributed by atoms with Gasteiger partial charge in [0.15, 0.2) is 23.0 Å². The minimum atomic E-state index is -3.67. The van der Waals surface area contributed by atoms with Crippen LogP contribution in [0.25, 0.3) is 22.5 Å². The van der Waals surface area contributed by atoms with Gasteiger partial charge in [-0.25, -0.2) is 0 Å². The van der Waals surface area contributed by atoms with Crippen molar-refractivity contribution in [3.05, 3.63) is 60.9 Å². The Labute approximate surface area is 341 Å². The van der Waals surface area contributed by atoms with E-state index in [9.17, 15) is 16.8 Å². The van der Waals surface area contributed by atoms with Gasteiger partial charge in [-0.3, -0.25) is 19.1 Å². The van der Waals surface area contributed by atoms with E-state index >= 15 is 0 Å². The molecule has 2 N–H and O–H groups in total. The highest BCUT2D eigenvalue weighted by Crippen LogP contribution is 2.42. The van der Waals surface area contributed by atoms with Crippen LogP contribution in [-0.2, 0) is 29.7 Å². The fourth-order valence-electron chi connectivity index (χ4n) is 4.92. The van der Waals surface area contributed by atoms with Crippen molar-refractivity contribution in [3.63, 3.8) is 0 Å². The fraction of sp³-hybridized carbons (Fsp3) is 0.421. The van der Waals surface area contributed by atoms with Gasteiger partial charge < -0.3 is 47.7 Å². The van der Waals surface area contributed by atoms with Crippen LogP contribution in [0.15, 0.2) is 60.9 Å². The topological polar surface area (TPSA) is 215 Å². The first kappa shape index (κ1) is 49.0. The Morgan fingerprint density at radius 1 is 0.534 bits per heavy atom. The number of methoxy groups -OCH3 is 6. The zero-order valence-corrected chi connectivity index (χ0v) is 36.0. The van der Waals surface area contributed by atoms with Gasteiger partial charge in [0.2, 0.25) is 11.5 Å². The first-order chi connectivity index (χ1) is 27.4. The summed E-state index contributed by atoms with van der Waals surface area (Å²) in [6.45, 7) is 3.21. The number of hydrogen-bond acceptors (Lipinski definition) is 16. The molecule has 0 saturated carbocycles. The summed E-state index contributed by atoms with van der Waals surface area (Å²) in [6.07, 6.45) is 5.16. The Morgan fingerprint density at radius 3 is 1.05 bits per heavy atom. The lowest BCUT2D eigenvalue weighted by molar-refractivity contribution is 0.142. The van der Waals surface area contributed by atoms with Crippen molar-refractivity contribution in [2.45, 2.75) is 0 Å². The standard InChI is InChI=1S/C36H46N4O8.2CH4O3S/c1-39(27-9-11-29(37-23-27)25-19-31(43-5)35(32(20-25)44-6)47-17-15-41-3)13-14-40(2)28-10-12-30(38-24-28)26-21-33(45-7)36(34(22-26)46-8)48-18-16-42-4;2*1-5(2,3)4/h9-12,19-24H,13-18H2,1-8H3;2*1H3,(H,2,3,4). The van der Waals surface area contributed by atoms with E-state index < -0.39 is 20.2 Å². The highest BCUT2D eigenvalue weighted by atomic mass is 32.2. The highest BCUT2D eigenvalue weighted by Gasteiger charge is 2.18. The van der Waals surface area contributed by atoms with Gasteiger partial charge in [0.05, 0.1) is 89.3 Å². The summed E-state index contributed by atoms with van der Waals surface area (Å²) < 4.78 is 96.0. The number of aromatic nitrogens is 2. The van der Waals surface area contributed by atoms with E-state index in [0.29, 0.717) is 73.4 Å². The summed E-state index contributed by atoms with van der Waals surface area (Å²) in [7, 11) is 6.42. The molecule has 0 saturated heterocycles. The van der Waals surface area contributed by atoms with Crippen molar-refractivity contribution in [1.29, 1.82) is 0 Å². The smallest absolute Gasteiger partial charge is 0.261 e. The van der Waals surface area contributed by atoms with Crippen LogP contribution >= 0.6 is 0 Å². The third-order valence-electron chi connectivity index (χ3n) is 7.73. The Bertz CT molecular complexity index is 1850. The average molecular weight is 855 g/mol. The molecule has 2 heterocycles. The molecule has 4 rings (SSSR count). The molecule has 2 aromatic carbocycles. The molecule has 4 aromatic rings. The molecule has 0 aliphatic rings. The van der Waals surface area contributed by atoms with Gasteiger partial charge in [-0.2, -0.15) is 16.8 Å². The molecule has 0 aliphatic carbocycles. The third-order valence-corrected chi connectivity index (χ3v) is 7.73. The molecule has 0 radical (unpaired) electrons. The van der Waals surface area contributed by atoms with E-state index in [-0.39, 0.29) is 0 Å². The highest BCUT2D eigenvalue weighted by molar-refractivity contribution is 7.85. The first-order valence-corrected chi connectivity index (χ1v) is 21.0. The van der Waals surface area contributed by atoms with E-state index in [4.69, 9.17) is 57.0 Å². The SMILES string of the molecule is COCCOc1c(OC)cc(-c2ccc(N(C)CCN(C)c3ccc(-c4cc(OC)c(OCCOC)c(OC)c4)nc3)cn2)cc1OC.CS(=O)(=O)O.CS(=O)(=O)O. The second-order valence-electron chi connectivity index (χ2n) is 12.2. The Balaban J connectivity index is 0.00000103. The Hall–Kier alpha value is -5.12. The molecule has 0 amide bonds. The number of ether oxygens (including phenoxy) is 8. The Morgan fingerprint density at radius 2 is 0.828 bits per heavy atom. The molecule has 0 unspecified atom stereocenters. The average Bonchev–Trinajstić information content (AvgIpc) is 3.18. The van der Waals surface area contributed by atoms with Crippen molar-refractivity contribution in [2.24, 2.45) is 0 Å². The summed E-state index contributed by atoms with van der Waals surface area (Å²) in [5.41, 5.74) is 5.29. The van der Waals surface area contributed by atoms with Crippen LogP contribution in [0.1, 0.15) is 0 Å². The number of rotatable bonds is 19. The Kier molecular flexibility index (Phi) is 20.2. The molecule has 20 heteroatoms. The molecular formula is C38H54N4O14S2. The van der Waals surface area contributed by atoms with Crippen LogP contribution in [0.3, 0.4) is 0 Å². The third kappa shape index (κ3) is 17.2. The number of anilines is 2. The van der Waals surface area contributed by atoms with Gasteiger partial charge >= 0.3 is 0 Å². The van der Waals surface area contributed by atoms with Gasteiger partial charge in [0.25, 0.3) is 20.2 Å². The van der Waals surface area contributed by atoms with E-state index in [2.05, 4.69) is 21.9 Å². The van der Waals surface area contributed by atoms with Crippen molar-refractivity contribution in [2.75, 3.05) is 119 Å². The maximum Gasteiger partial charge on any atom is 0.261 e. The molecule has 18 nitrogen and oxygen atoms in total. The number of nitrogens with zero attached hydrogens (tertiary/aromatic N) is 4. The predicted octanol–water partition coefficient (Wildman–Crippen LogP) is 4.48.